The number of hydrogen-bond acceptors (Lipinski definition) is 10. The number of fused-ring (bicyclic) bond motifs is 2. The number of thiophene rings is 1. The Morgan fingerprint density at radius 3 is 2.45 bits per heavy atom. The van der Waals surface area contributed by atoms with E-state index < -0.39 is 31.6 Å². The van der Waals surface area contributed by atoms with Gasteiger partial charge in [-0.25, -0.2) is 5.09 Å². The van der Waals surface area contributed by atoms with Crippen LogP contribution in [0.3, 0.4) is 0 Å². The summed E-state index contributed by atoms with van der Waals surface area (Å²) in [6.07, 6.45) is 8.10. The standard InChI is InChI=1S/C50H62N5O8PS/c1-4-24-62-49(59)33(2)52-64(60,63-40-13-9-6-10-14-40)32-34-15-20-44-36(26-34)27-45(65-44)46(56)51-42-18-16-38(53(3)31-41-21-25-61-41)28-39-17-19-43(55(39)47(42)57)48(58)54-30-37(29-50(54)22-23-50)35-11-7-5-8-12-35/h5-15,20,26-27,33,37-39,41-43H,4,16-19,21-25,28-32H2,1-3H3,(H,51,56)(H,52,60)/t33-,37+,38-,39+,41?,42?,43-,64?/m0/s1. The van der Waals surface area contributed by atoms with E-state index in [0.29, 0.717) is 42.0 Å². The summed E-state index contributed by atoms with van der Waals surface area (Å²) in [6.45, 7) is 6.02. The van der Waals surface area contributed by atoms with Gasteiger partial charge in [0, 0.05) is 47.9 Å². The van der Waals surface area contributed by atoms with Gasteiger partial charge in [0.1, 0.15) is 23.9 Å². The number of nitrogens with zero attached hydrogens (tertiary/aromatic N) is 3. The van der Waals surface area contributed by atoms with Crippen molar-refractivity contribution in [3.05, 3.63) is 101 Å². The monoisotopic (exact) mass is 923 g/mol. The van der Waals surface area contributed by atoms with Gasteiger partial charge in [-0.1, -0.05) is 61.5 Å². The first-order valence-electron chi connectivity index (χ1n) is 23.5. The average Bonchev–Trinajstić information content (AvgIpc) is 3.55. The van der Waals surface area contributed by atoms with E-state index in [1.54, 1.807) is 37.3 Å². The lowest BCUT2D eigenvalue weighted by atomic mass is 9.93. The summed E-state index contributed by atoms with van der Waals surface area (Å²) in [6, 6.07) is 24.5. The van der Waals surface area contributed by atoms with Crippen molar-refractivity contribution in [3.8, 4) is 5.75 Å². The van der Waals surface area contributed by atoms with Crippen molar-refractivity contribution in [3.63, 3.8) is 0 Å². The largest absolute Gasteiger partial charge is 0.465 e. The molecular formula is C50H62N5O8PS. The molecule has 4 saturated heterocycles. The minimum absolute atomic E-state index is 0.0258. The molecule has 1 saturated carbocycles. The molecule has 2 N–H and O–H groups in total. The van der Waals surface area contributed by atoms with Gasteiger partial charge in [0.05, 0.1) is 23.7 Å². The summed E-state index contributed by atoms with van der Waals surface area (Å²) < 4.78 is 32.5. The molecule has 3 unspecified atom stereocenters. The van der Waals surface area contributed by atoms with E-state index in [1.165, 1.54) is 16.9 Å². The van der Waals surface area contributed by atoms with Gasteiger partial charge in [0.15, 0.2) is 0 Å². The quantitative estimate of drug-likeness (QED) is 0.0841. The molecule has 65 heavy (non-hydrogen) atoms. The molecule has 346 valence electrons. The van der Waals surface area contributed by atoms with E-state index in [2.05, 4.69) is 51.5 Å². The second kappa shape index (κ2) is 19.3. The number of hydrogen-bond donors (Lipinski definition) is 2. The Bertz CT molecular complexity index is 2410. The molecule has 8 atom stereocenters. The molecule has 4 aliphatic heterocycles. The van der Waals surface area contributed by atoms with Crippen LogP contribution in [-0.4, -0.2) is 114 Å². The Kier molecular flexibility index (Phi) is 13.5. The topological polar surface area (TPSA) is 147 Å². The molecule has 4 aromatic rings. The SMILES string of the molecule is CCCOC(=O)[C@H](C)NP(=O)(Cc1ccc2sc(C(=O)NC3CC[C@H](N(C)CC4CCO4)C[C@H]4CC[C@@H](C(=O)N5C[C@H](c6ccccc6)CC56CC6)N4C3=O)cc2c1)Oc1ccccc1. The Morgan fingerprint density at radius 1 is 0.985 bits per heavy atom. The number of rotatable bonds is 16. The first-order chi connectivity index (χ1) is 31.4. The van der Waals surface area contributed by atoms with Crippen LogP contribution in [0.2, 0.25) is 0 Å². The maximum Gasteiger partial charge on any atom is 0.323 e. The smallest absolute Gasteiger partial charge is 0.323 e. The highest BCUT2D eigenvalue weighted by Crippen LogP contribution is 2.55. The predicted octanol–water partition coefficient (Wildman–Crippen LogP) is 7.88. The van der Waals surface area contributed by atoms with E-state index in [1.807, 2.05) is 42.2 Å². The van der Waals surface area contributed by atoms with Crippen LogP contribution < -0.4 is 14.9 Å². The van der Waals surface area contributed by atoms with Crippen LogP contribution in [0.1, 0.15) is 105 Å². The fourth-order valence-corrected chi connectivity index (χ4v) is 13.5. The number of nitrogens with one attached hydrogen (secondary N) is 2. The van der Waals surface area contributed by atoms with Crippen molar-refractivity contribution in [1.82, 2.24) is 25.1 Å². The maximum absolute atomic E-state index is 14.9. The van der Waals surface area contributed by atoms with Crippen molar-refractivity contribution in [2.45, 2.75) is 132 Å². The number of likely N-dealkylation sites (tertiary alicyclic amines) is 1. The van der Waals surface area contributed by atoms with Crippen molar-refractivity contribution in [2.75, 3.05) is 33.4 Å². The van der Waals surface area contributed by atoms with Crippen LogP contribution >= 0.6 is 18.9 Å². The zero-order valence-corrected chi connectivity index (χ0v) is 39.4. The molecule has 15 heteroatoms. The van der Waals surface area contributed by atoms with E-state index in [0.717, 1.165) is 68.2 Å². The molecule has 13 nitrogen and oxygen atoms in total. The van der Waals surface area contributed by atoms with Crippen LogP contribution in [0.15, 0.2) is 84.9 Å². The number of carbonyl (C=O) groups is 4. The molecule has 3 amide bonds. The first kappa shape index (κ1) is 45.6. The second-order valence-electron chi connectivity index (χ2n) is 18.9. The lowest BCUT2D eigenvalue weighted by molar-refractivity contribution is -0.148. The molecule has 5 fully saturated rings. The predicted molar refractivity (Wildman–Crippen MR) is 251 cm³/mol. The van der Waals surface area contributed by atoms with Gasteiger partial charge in [0.2, 0.25) is 11.8 Å². The molecule has 1 aromatic heterocycles. The Hall–Kier alpha value is -4.59. The third-order valence-corrected chi connectivity index (χ3v) is 17.4. The Balaban J connectivity index is 0.936. The van der Waals surface area contributed by atoms with Gasteiger partial charge < -0.3 is 34.0 Å². The van der Waals surface area contributed by atoms with Crippen molar-refractivity contribution in [2.24, 2.45) is 0 Å². The van der Waals surface area contributed by atoms with E-state index in [9.17, 15) is 23.7 Å². The summed E-state index contributed by atoms with van der Waals surface area (Å²) in [5.41, 5.74) is 1.81. The molecular weight excluding hydrogens is 862 g/mol. The molecule has 0 radical (unpaired) electrons. The second-order valence-corrected chi connectivity index (χ2v) is 22.1. The Morgan fingerprint density at radius 2 is 1.74 bits per heavy atom. The van der Waals surface area contributed by atoms with Gasteiger partial charge in [-0.15, -0.1) is 11.3 Å². The molecule has 5 heterocycles. The van der Waals surface area contributed by atoms with Crippen molar-refractivity contribution < 1.29 is 37.7 Å². The van der Waals surface area contributed by atoms with Crippen LogP contribution in [0.25, 0.3) is 10.1 Å². The molecule has 0 bridgehead atoms. The number of ether oxygens (including phenoxy) is 2. The highest BCUT2D eigenvalue weighted by atomic mass is 32.1. The highest BCUT2D eigenvalue weighted by Gasteiger charge is 2.58. The van der Waals surface area contributed by atoms with Crippen molar-refractivity contribution >= 4 is 52.6 Å². The summed E-state index contributed by atoms with van der Waals surface area (Å²) >= 11 is 1.33. The summed E-state index contributed by atoms with van der Waals surface area (Å²) in [4.78, 5) is 63.6. The van der Waals surface area contributed by atoms with Gasteiger partial charge in [-0.2, -0.15) is 0 Å². The van der Waals surface area contributed by atoms with Gasteiger partial charge in [-0.05, 0) is 125 Å². The first-order valence-corrected chi connectivity index (χ1v) is 26.2. The number of esters is 1. The van der Waals surface area contributed by atoms with Crippen LogP contribution in [0.4, 0.5) is 0 Å². The number of likely N-dealkylation sites (N-methyl/N-ethyl adjacent to an activating group) is 1. The highest BCUT2D eigenvalue weighted by molar-refractivity contribution is 7.56. The summed E-state index contributed by atoms with van der Waals surface area (Å²) in [5.74, 6) is -0.317. The zero-order valence-electron chi connectivity index (χ0n) is 37.7. The number of benzene rings is 3. The van der Waals surface area contributed by atoms with E-state index in [4.69, 9.17) is 14.0 Å². The van der Waals surface area contributed by atoms with E-state index in [-0.39, 0.29) is 60.1 Å². The molecule has 1 spiro atoms. The molecule has 1 aliphatic carbocycles. The lowest BCUT2D eigenvalue weighted by Crippen LogP contribution is -2.59. The summed E-state index contributed by atoms with van der Waals surface area (Å²) in [7, 11) is -1.58. The maximum atomic E-state index is 14.9. The number of para-hydroxylation sites is 1. The molecule has 9 rings (SSSR count). The lowest BCUT2D eigenvalue weighted by Gasteiger charge is -2.42. The Labute approximate surface area is 386 Å². The van der Waals surface area contributed by atoms with Crippen LogP contribution in [0.5, 0.6) is 5.75 Å². The zero-order chi connectivity index (χ0) is 45.3. The van der Waals surface area contributed by atoms with Gasteiger partial charge >= 0.3 is 13.5 Å². The van der Waals surface area contributed by atoms with Gasteiger partial charge in [0.25, 0.3) is 5.91 Å². The number of carbonyl (C=O) groups excluding carboxylic acids is 4. The van der Waals surface area contributed by atoms with Crippen LogP contribution in [-0.2, 0) is 34.6 Å². The van der Waals surface area contributed by atoms with E-state index >= 15 is 0 Å². The minimum atomic E-state index is -3.71. The normalized spacial score (nSPS) is 26.2. The molecule has 3 aromatic carbocycles. The average molecular weight is 924 g/mol. The molecule has 5 aliphatic rings. The number of amides is 3. The fourth-order valence-electron chi connectivity index (χ4n) is 10.5. The third-order valence-electron chi connectivity index (χ3n) is 14.2. The van der Waals surface area contributed by atoms with Gasteiger partial charge in [-0.3, -0.25) is 23.7 Å². The fraction of sp³-hybridized carbons (Fsp3) is 0.520. The van der Waals surface area contributed by atoms with Crippen molar-refractivity contribution in [1.29, 1.82) is 0 Å². The minimum Gasteiger partial charge on any atom is -0.465 e. The van der Waals surface area contributed by atoms with Crippen LogP contribution in [0, 0.1) is 0 Å². The summed E-state index contributed by atoms with van der Waals surface area (Å²) in [5, 5.41) is 6.88. The third kappa shape index (κ3) is 10.1.